The highest BCUT2D eigenvalue weighted by Gasteiger charge is 2.37. The predicted octanol–water partition coefficient (Wildman–Crippen LogP) is 5.10. The van der Waals surface area contributed by atoms with Gasteiger partial charge in [-0.05, 0) is 50.9 Å². The van der Waals surface area contributed by atoms with Crippen LogP contribution < -0.4 is 4.74 Å². The van der Waals surface area contributed by atoms with Crippen molar-refractivity contribution in [3.05, 3.63) is 65.9 Å². The third-order valence-corrected chi connectivity index (χ3v) is 7.74. The van der Waals surface area contributed by atoms with Gasteiger partial charge in [-0.3, -0.25) is 9.69 Å². The van der Waals surface area contributed by atoms with Crippen molar-refractivity contribution in [1.29, 1.82) is 0 Å². The van der Waals surface area contributed by atoms with Crippen molar-refractivity contribution >= 4 is 16.8 Å². The summed E-state index contributed by atoms with van der Waals surface area (Å²) in [5.74, 6) is 1.10. The molecule has 186 valence electrons. The number of hydrogen-bond acceptors (Lipinski definition) is 4. The summed E-state index contributed by atoms with van der Waals surface area (Å²) in [5.41, 5.74) is 2.99. The van der Waals surface area contributed by atoms with Crippen LogP contribution in [0, 0.1) is 5.41 Å². The monoisotopic (exact) mass is 475 g/mol. The molecular formula is C29H37N3O3. The summed E-state index contributed by atoms with van der Waals surface area (Å²) in [4.78, 5) is 21.0. The molecule has 2 aliphatic heterocycles. The highest BCUT2D eigenvalue weighted by atomic mass is 16.5. The van der Waals surface area contributed by atoms with Gasteiger partial charge in [0.05, 0.1) is 24.3 Å². The average Bonchev–Trinajstić information content (AvgIpc) is 3.37. The molecule has 1 aromatic heterocycles. The molecule has 2 aromatic carbocycles. The number of benzene rings is 2. The van der Waals surface area contributed by atoms with Crippen LogP contribution >= 0.6 is 0 Å². The van der Waals surface area contributed by atoms with Gasteiger partial charge in [0.15, 0.2) is 0 Å². The summed E-state index contributed by atoms with van der Waals surface area (Å²) < 4.78 is 12.4. The van der Waals surface area contributed by atoms with Gasteiger partial charge in [0.1, 0.15) is 5.75 Å². The standard InChI is InChI=1S/C29H37N3O3/c1-31-18-20-34-19-5-4-12-29(22-35-26-10-3-2-7-24(26)21-31)13-16-32(17-14-29)28(33)25-9-6-8-23-11-15-30-27(23)25/h2-3,6-11,15,30H,4-5,12-14,16-22H2,1H3. The van der Waals surface area contributed by atoms with Crippen molar-refractivity contribution in [2.24, 2.45) is 5.41 Å². The fraction of sp³-hybridized carbons (Fsp3) is 0.483. The molecule has 2 aliphatic rings. The minimum Gasteiger partial charge on any atom is -0.493 e. The van der Waals surface area contributed by atoms with Gasteiger partial charge in [-0.25, -0.2) is 0 Å². The number of H-pyrrole nitrogens is 1. The second-order valence-electron chi connectivity index (χ2n) is 10.2. The van der Waals surface area contributed by atoms with Crippen LogP contribution in [0.4, 0.5) is 0 Å². The van der Waals surface area contributed by atoms with E-state index in [1.165, 1.54) is 5.56 Å². The number of amides is 1. The largest absolute Gasteiger partial charge is 0.493 e. The maximum Gasteiger partial charge on any atom is 0.255 e. The van der Waals surface area contributed by atoms with E-state index in [9.17, 15) is 4.79 Å². The number of nitrogens with zero attached hydrogens (tertiary/aromatic N) is 2. The number of likely N-dealkylation sites (tertiary alicyclic amines) is 1. The first kappa shape index (κ1) is 23.9. The van der Waals surface area contributed by atoms with Crippen molar-refractivity contribution in [3.63, 3.8) is 0 Å². The molecule has 0 unspecified atom stereocenters. The van der Waals surface area contributed by atoms with Crippen LogP contribution in [0.15, 0.2) is 54.7 Å². The Hall–Kier alpha value is -2.83. The van der Waals surface area contributed by atoms with Gasteiger partial charge < -0.3 is 19.4 Å². The van der Waals surface area contributed by atoms with Crippen LogP contribution in [0.2, 0.25) is 0 Å². The molecule has 6 nitrogen and oxygen atoms in total. The number of rotatable bonds is 1. The molecule has 0 bridgehead atoms. The molecule has 1 amide bonds. The van der Waals surface area contributed by atoms with Gasteiger partial charge in [-0.2, -0.15) is 0 Å². The lowest BCUT2D eigenvalue weighted by molar-refractivity contribution is 0.0334. The minimum absolute atomic E-state index is 0.0817. The zero-order chi connectivity index (χ0) is 24.1. The maximum atomic E-state index is 13.4. The quantitative estimate of drug-likeness (QED) is 0.532. The second kappa shape index (κ2) is 10.8. The Bertz CT molecular complexity index is 1130. The van der Waals surface area contributed by atoms with E-state index in [2.05, 4.69) is 41.2 Å². The number of aromatic amines is 1. The molecule has 1 spiro atoms. The Balaban J connectivity index is 1.30. The summed E-state index contributed by atoms with van der Waals surface area (Å²) in [6, 6.07) is 16.4. The number of nitrogens with one attached hydrogen (secondary N) is 1. The molecule has 6 heteroatoms. The number of piperidine rings is 1. The Kier molecular flexibility index (Phi) is 7.40. The van der Waals surface area contributed by atoms with Crippen LogP contribution in [-0.2, 0) is 11.3 Å². The van der Waals surface area contributed by atoms with Crippen molar-refractivity contribution in [2.45, 2.75) is 38.6 Å². The lowest BCUT2D eigenvalue weighted by atomic mass is 9.75. The van der Waals surface area contributed by atoms with Gasteiger partial charge in [-0.15, -0.1) is 0 Å². The van der Waals surface area contributed by atoms with Crippen molar-refractivity contribution < 1.29 is 14.3 Å². The minimum atomic E-state index is 0.0817. The number of likely N-dealkylation sites (N-methyl/N-ethyl adjacent to an activating group) is 1. The average molecular weight is 476 g/mol. The number of fused-ring (bicyclic) bond motifs is 2. The van der Waals surface area contributed by atoms with Crippen LogP contribution in [0.25, 0.3) is 10.9 Å². The molecule has 0 saturated carbocycles. The van der Waals surface area contributed by atoms with Crippen LogP contribution in [0.1, 0.15) is 48.0 Å². The molecule has 3 heterocycles. The number of para-hydroxylation sites is 2. The fourth-order valence-corrected chi connectivity index (χ4v) is 5.49. The molecule has 5 rings (SSSR count). The van der Waals surface area contributed by atoms with Gasteiger partial charge in [0.25, 0.3) is 5.91 Å². The number of carbonyl (C=O) groups is 1. The zero-order valence-electron chi connectivity index (χ0n) is 20.8. The molecule has 35 heavy (non-hydrogen) atoms. The van der Waals surface area contributed by atoms with Crippen molar-refractivity contribution in [1.82, 2.24) is 14.8 Å². The molecular weight excluding hydrogens is 438 g/mol. The summed E-state index contributed by atoms with van der Waals surface area (Å²) in [6.45, 7) is 5.56. The van der Waals surface area contributed by atoms with Gasteiger partial charge in [0, 0.05) is 55.3 Å². The Morgan fingerprint density at radius 3 is 2.69 bits per heavy atom. The smallest absolute Gasteiger partial charge is 0.255 e. The number of carbonyl (C=O) groups excluding carboxylic acids is 1. The summed E-state index contributed by atoms with van der Waals surface area (Å²) >= 11 is 0. The molecule has 1 fully saturated rings. The molecule has 0 atom stereocenters. The fourth-order valence-electron chi connectivity index (χ4n) is 5.49. The van der Waals surface area contributed by atoms with Crippen molar-refractivity contribution in [3.8, 4) is 5.75 Å². The van der Waals surface area contributed by atoms with E-state index < -0.39 is 0 Å². The molecule has 3 aromatic rings. The van der Waals surface area contributed by atoms with Gasteiger partial charge >= 0.3 is 0 Å². The first-order valence-electron chi connectivity index (χ1n) is 13.0. The van der Waals surface area contributed by atoms with Crippen molar-refractivity contribution in [2.75, 3.05) is 46.5 Å². The maximum absolute atomic E-state index is 13.4. The number of aromatic nitrogens is 1. The SMILES string of the molecule is CN1CCOCCCCC2(CCN(C(=O)c3cccc4cc[nH]c34)CC2)COc2ccccc2C1. The van der Waals surface area contributed by atoms with E-state index in [0.29, 0.717) is 6.61 Å². The first-order chi connectivity index (χ1) is 17.1. The van der Waals surface area contributed by atoms with E-state index in [1.807, 2.05) is 35.4 Å². The normalized spacial score (nSPS) is 20.2. The number of ether oxygens (including phenoxy) is 2. The summed E-state index contributed by atoms with van der Waals surface area (Å²) in [6.07, 6.45) is 7.12. The Morgan fingerprint density at radius 2 is 1.80 bits per heavy atom. The van der Waals surface area contributed by atoms with Gasteiger partial charge in [-0.1, -0.05) is 36.8 Å². The van der Waals surface area contributed by atoms with E-state index >= 15 is 0 Å². The second-order valence-corrected chi connectivity index (χ2v) is 10.2. The Labute approximate surface area is 208 Å². The highest BCUT2D eigenvalue weighted by molar-refractivity contribution is 6.05. The Morgan fingerprint density at radius 1 is 0.943 bits per heavy atom. The predicted molar refractivity (Wildman–Crippen MR) is 139 cm³/mol. The topological polar surface area (TPSA) is 57.8 Å². The molecule has 0 aliphatic carbocycles. The third-order valence-electron chi connectivity index (χ3n) is 7.74. The van der Waals surface area contributed by atoms with Crippen LogP contribution in [-0.4, -0.2) is 67.2 Å². The first-order valence-corrected chi connectivity index (χ1v) is 13.0. The molecule has 1 saturated heterocycles. The number of hydrogen-bond donors (Lipinski definition) is 1. The lowest BCUT2D eigenvalue weighted by Crippen LogP contribution is -2.45. The molecule has 0 radical (unpaired) electrons. The van der Waals surface area contributed by atoms with E-state index in [0.717, 1.165) is 93.7 Å². The summed E-state index contributed by atoms with van der Waals surface area (Å²) in [5, 5.41) is 1.08. The zero-order valence-corrected chi connectivity index (χ0v) is 20.8. The van der Waals surface area contributed by atoms with Crippen LogP contribution in [0.5, 0.6) is 5.75 Å². The molecule has 1 N–H and O–H groups in total. The van der Waals surface area contributed by atoms with E-state index in [4.69, 9.17) is 9.47 Å². The summed E-state index contributed by atoms with van der Waals surface area (Å²) in [7, 11) is 2.13. The van der Waals surface area contributed by atoms with E-state index in [-0.39, 0.29) is 11.3 Å². The highest BCUT2D eigenvalue weighted by Crippen LogP contribution is 2.38. The lowest BCUT2D eigenvalue weighted by Gasteiger charge is -2.42. The van der Waals surface area contributed by atoms with Crippen LogP contribution in [0.3, 0.4) is 0 Å². The van der Waals surface area contributed by atoms with Gasteiger partial charge in [0.2, 0.25) is 0 Å². The third kappa shape index (κ3) is 5.54. The van der Waals surface area contributed by atoms with E-state index in [1.54, 1.807) is 0 Å².